The molecule has 0 radical (unpaired) electrons. The lowest BCUT2D eigenvalue weighted by molar-refractivity contribution is 0.103. The molecule has 1 aliphatic rings. The van der Waals surface area contributed by atoms with Gasteiger partial charge < -0.3 is 10.4 Å². The number of fused-ring (bicyclic) bond motifs is 1. The summed E-state index contributed by atoms with van der Waals surface area (Å²) in [5.74, 6) is 0.263. The summed E-state index contributed by atoms with van der Waals surface area (Å²) in [5.41, 5.74) is 3.17. The van der Waals surface area contributed by atoms with E-state index in [1.807, 2.05) is 54.6 Å². The Balaban J connectivity index is 1.16. The third-order valence-corrected chi connectivity index (χ3v) is 7.14. The first-order valence-electron chi connectivity index (χ1n) is 11.2. The van der Waals surface area contributed by atoms with E-state index < -0.39 is 0 Å². The maximum absolute atomic E-state index is 12.8. The summed E-state index contributed by atoms with van der Waals surface area (Å²) in [5, 5.41) is 13.8. The summed E-state index contributed by atoms with van der Waals surface area (Å²) in [7, 11) is 0. The topological polar surface area (TPSA) is 55.8 Å². The van der Waals surface area contributed by atoms with Gasteiger partial charge in [-0.1, -0.05) is 42.5 Å². The average molecular weight is 458 g/mol. The summed E-state index contributed by atoms with van der Waals surface area (Å²) in [6.07, 6.45) is 0. The van der Waals surface area contributed by atoms with Crippen LogP contribution in [0.1, 0.15) is 20.8 Å². The largest absolute Gasteiger partial charge is 0.508 e. The van der Waals surface area contributed by atoms with E-state index >= 15 is 0 Å². The molecule has 6 heteroatoms. The number of phenolic OH excluding ortho intramolecular Hbond substituents is 1. The van der Waals surface area contributed by atoms with Crippen LogP contribution in [0.3, 0.4) is 0 Å². The second-order valence-electron chi connectivity index (χ2n) is 8.53. The fourth-order valence-corrected chi connectivity index (χ4v) is 5.27. The molecule has 5 nitrogen and oxygen atoms in total. The minimum atomic E-state index is -0.0612. The molecule has 5 rings (SSSR count). The molecule has 2 heterocycles. The molecule has 0 unspecified atom stereocenters. The molecule has 1 saturated heterocycles. The van der Waals surface area contributed by atoms with Gasteiger partial charge in [-0.2, -0.15) is 0 Å². The van der Waals surface area contributed by atoms with Crippen LogP contribution in [0.5, 0.6) is 5.75 Å². The van der Waals surface area contributed by atoms with E-state index in [4.69, 9.17) is 0 Å². The van der Waals surface area contributed by atoms with Crippen molar-refractivity contribution in [3.8, 4) is 5.75 Å². The van der Waals surface area contributed by atoms with Crippen molar-refractivity contribution in [3.63, 3.8) is 0 Å². The Morgan fingerprint density at radius 3 is 2.18 bits per heavy atom. The number of hydrogen-bond donors (Lipinski definition) is 2. The summed E-state index contributed by atoms with van der Waals surface area (Å²) in [6, 6.07) is 25.7. The number of carbonyl (C=O) groups is 1. The minimum absolute atomic E-state index is 0.0612. The highest BCUT2D eigenvalue weighted by Gasteiger charge is 2.18. The second-order valence-corrected chi connectivity index (χ2v) is 9.61. The predicted octanol–water partition coefficient (Wildman–Crippen LogP) is 5.18. The van der Waals surface area contributed by atoms with Gasteiger partial charge in [0.2, 0.25) is 0 Å². The number of hydrogen-bond acceptors (Lipinski definition) is 5. The van der Waals surface area contributed by atoms with Gasteiger partial charge >= 0.3 is 0 Å². The SMILES string of the molecule is O=C(Nc1cccc(CN2CCN(Cc3cccc(O)c3)CC2)c1)c1cc2ccccc2s1. The van der Waals surface area contributed by atoms with E-state index in [1.165, 1.54) is 16.9 Å². The summed E-state index contributed by atoms with van der Waals surface area (Å²) in [6.45, 7) is 5.72. The minimum Gasteiger partial charge on any atom is -0.508 e. The third-order valence-electron chi connectivity index (χ3n) is 6.02. The first-order valence-corrected chi connectivity index (χ1v) is 12.1. The van der Waals surface area contributed by atoms with Gasteiger partial charge in [-0.25, -0.2) is 0 Å². The molecule has 168 valence electrons. The Labute approximate surface area is 197 Å². The maximum Gasteiger partial charge on any atom is 0.265 e. The monoisotopic (exact) mass is 457 g/mol. The Morgan fingerprint density at radius 1 is 0.818 bits per heavy atom. The Morgan fingerprint density at radius 2 is 1.48 bits per heavy atom. The fourth-order valence-electron chi connectivity index (χ4n) is 4.31. The lowest BCUT2D eigenvalue weighted by Crippen LogP contribution is -2.45. The van der Waals surface area contributed by atoms with E-state index in [0.717, 1.165) is 65.5 Å². The van der Waals surface area contributed by atoms with Crippen molar-refractivity contribution in [1.29, 1.82) is 0 Å². The van der Waals surface area contributed by atoms with Gasteiger partial charge in [0.1, 0.15) is 5.75 Å². The highest BCUT2D eigenvalue weighted by Crippen LogP contribution is 2.26. The molecule has 4 aromatic rings. The van der Waals surface area contributed by atoms with E-state index in [-0.39, 0.29) is 5.91 Å². The zero-order chi connectivity index (χ0) is 22.6. The third kappa shape index (κ3) is 5.42. The summed E-state index contributed by atoms with van der Waals surface area (Å²) < 4.78 is 1.12. The molecule has 1 aromatic heterocycles. The smallest absolute Gasteiger partial charge is 0.265 e. The lowest BCUT2D eigenvalue weighted by Gasteiger charge is -2.34. The van der Waals surface area contributed by atoms with E-state index in [1.54, 1.807) is 6.07 Å². The molecule has 1 aliphatic heterocycles. The highest BCUT2D eigenvalue weighted by molar-refractivity contribution is 7.20. The van der Waals surface area contributed by atoms with Crippen molar-refractivity contribution in [1.82, 2.24) is 9.80 Å². The van der Waals surface area contributed by atoms with Crippen molar-refractivity contribution >= 4 is 33.0 Å². The number of rotatable bonds is 6. The molecular formula is C27H27N3O2S. The van der Waals surface area contributed by atoms with Gasteiger partial charge in [0.25, 0.3) is 5.91 Å². The van der Waals surface area contributed by atoms with Crippen LogP contribution < -0.4 is 5.32 Å². The predicted molar refractivity (Wildman–Crippen MR) is 135 cm³/mol. The normalized spacial score (nSPS) is 15.0. The Bertz CT molecular complexity index is 1230. The first kappa shape index (κ1) is 21.6. The van der Waals surface area contributed by atoms with Gasteiger partial charge in [0.15, 0.2) is 0 Å². The highest BCUT2D eigenvalue weighted by atomic mass is 32.1. The number of piperazine rings is 1. The van der Waals surface area contributed by atoms with Crippen LogP contribution in [0, 0.1) is 0 Å². The number of amides is 1. The average Bonchev–Trinajstić information content (AvgIpc) is 3.25. The zero-order valence-corrected chi connectivity index (χ0v) is 19.2. The van der Waals surface area contributed by atoms with E-state index in [9.17, 15) is 9.90 Å². The molecular weight excluding hydrogens is 430 g/mol. The van der Waals surface area contributed by atoms with Crippen LogP contribution in [0.2, 0.25) is 0 Å². The van der Waals surface area contributed by atoms with Crippen LogP contribution >= 0.6 is 11.3 Å². The van der Waals surface area contributed by atoms with E-state index in [2.05, 4.69) is 33.3 Å². The number of phenols is 1. The van der Waals surface area contributed by atoms with Crippen molar-refractivity contribution in [2.24, 2.45) is 0 Å². The molecule has 0 atom stereocenters. The lowest BCUT2D eigenvalue weighted by atomic mass is 10.1. The molecule has 0 saturated carbocycles. The fraction of sp³-hybridized carbons (Fsp3) is 0.222. The summed E-state index contributed by atoms with van der Waals surface area (Å²) >= 11 is 1.52. The molecule has 0 spiro atoms. The van der Waals surface area contributed by atoms with Crippen molar-refractivity contribution in [3.05, 3.63) is 94.9 Å². The van der Waals surface area contributed by atoms with Crippen molar-refractivity contribution < 1.29 is 9.90 Å². The van der Waals surface area contributed by atoms with Gasteiger partial charge in [0.05, 0.1) is 4.88 Å². The Hall–Kier alpha value is -3.19. The number of benzene rings is 3. The molecule has 0 aliphatic carbocycles. The van der Waals surface area contributed by atoms with Crippen molar-refractivity contribution in [2.75, 3.05) is 31.5 Å². The van der Waals surface area contributed by atoms with Crippen LogP contribution in [0.25, 0.3) is 10.1 Å². The Kier molecular flexibility index (Phi) is 6.39. The molecule has 3 aromatic carbocycles. The zero-order valence-electron chi connectivity index (χ0n) is 18.4. The molecule has 33 heavy (non-hydrogen) atoms. The van der Waals surface area contributed by atoms with Gasteiger partial charge in [0, 0.05) is 49.7 Å². The number of nitrogens with zero attached hydrogens (tertiary/aromatic N) is 2. The van der Waals surface area contributed by atoms with Gasteiger partial charge in [-0.15, -0.1) is 11.3 Å². The molecule has 2 N–H and O–H groups in total. The molecule has 1 amide bonds. The first-order chi connectivity index (χ1) is 16.1. The molecule has 1 fully saturated rings. The summed E-state index contributed by atoms with van der Waals surface area (Å²) in [4.78, 5) is 18.4. The van der Waals surface area contributed by atoms with Crippen LogP contribution in [0.15, 0.2) is 78.9 Å². The number of carbonyl (C=O) groups excluding carboxylic acids is 1. The quantitative estimate of drug-likeness (QED) is 0.419. The molecule has 0 bridgehead atoms. The standard InChI is InChI=1S/C27H27N3O2S/c31-24-9-4-6-21(16-24)19-30-13-11-29(12-14-30)18-20-5-3-8-23(15-20)28-27(32)26-17-22-7-1-2-10-25(22)33-26/h1-10,15-17,31H,11-14,18-19H2,(H,28,32). The maximum atomic E-state index is 12.8. The second kappa shape index (κ2) is 9.75. The number of anilines is 1. The van der Waals surface area contributed by atoms with E-state index in [0.29, 0.717) is 5.75 Å². The van der Waals surface area contributed by atoms with Crippen LogP contribution in [-0.4, -0.2) is 47.0 Å². The number of nitrogens with one attached hydrogen (secondary N) is 1. The van der Waals surface area contributed by atoms with Gasteiger partial charge in [-0.05, 0) is 52.9 Å². The number of thiophene rings is 1. The number of aromatic hydroxyl groups is 1. The van der Waals surface area contributed by atoms with Gasteiger partial charge in [-0.3, -0.25) is 14.6 Å². The van der Waals surface area contributed by atoms with Crippen molar-refractivity contribution in [2.45, 2.75) is 13.1 Å². The van der Waals surface area contributed by atoms with Crippen LogP contribution in [-0.2, 0) is 13.1 Å². The van der Waals surface area contributed by atoms with Crippen LogP contribution in [0.4, 0.5) is 5.69 Å².